The molecule has 0 saturated heterocycles. The van der Waals surface area contributed by atoms with Crippen LogP contribution < -0.4 is 16.2 Å². The van der Waals surface area contributed by atoms with Crippen LogP contribution in [0.1, 0.15) is 19.0 Å². The van der Waals surface area contributed by atoms with Gasteiger partial charge in [-0.15, -0.1) is 0 Å². The molecule has 3 rings (SSSR count). The Balaban J connectivity index is 1.91. The van der Waals surface area contributed by atoms with Gasteiger partial charge in [-0.25, -0.2) is 9.37 Å². The average molecular weight is 426 g/mol. The van der Waals surface area contributed by atoms with Gasteiger partial charge in [-0.2, -0.15) is 0 Å². The molecule has 0 unspecified atom stereocenters. The molecule has 0 aliphatic carbocycles. The van der Waals surface area contributed by atoms with Gasteiger partial charge in [0.2, 0.25) is 0 Å². The summed E-state index contributed by atoms with van der Waals surface area (Å²) < 4.78 is 22.5. The van der Waals surface area contributed by atoms with Crippen LogP contribution in [0.3, 0.4) is 0 Å². The summed E-state index contributed by atoms with van der Waals surface area (Å²) in [6, 6.07) is 8.61. The van der Waals surface area contributed by atoms with E-state index in [2.05, 4.69) is 9.98 Å². The third kappa shape index (κ3) is 4.92. The van der Waals surface area contributed by atoms with Gasteiger partial charge in [0, 0.05) is 60.5 Å². The second kappa shape index (κ2) is 10.2. The van der Waals surface area contributed by atoms with E-state index in [1.807, 2.05) is 35.7 Å². The number of aliphatic hydroxyl groups is 1. The van der Waals surface area contributed by atoms with E-state index in [-0.39, 0.29) is 19.0 Å². The molecule has 0 radical (unpaired) electrons. The van der Waals surface area contributed by atoms with E-state index in [0.717, 1.165) is 16.9 Å². The Bertz CT molecular complexity index is 1120. The normalized spacial score (nSPS) is 12.9. The first kappa shape index (κ1) is 22.5. The highest BCUT2D eigenvalue weighted by Crippen LogP contribution is 2.33. The minimum absolute atomic E-state index is 0.162. The topological polar surface area (TPSA) is 111 Å². The van der Waals surface area contributed by atoms with Crippen molar-refractivity contribution < 1.29 is 14.2 Å². The van der Waals surface area contributed by atoms with E-state index in [4.69, 9.17) is 16.2 Å². The number of nitrogens with zero attached hydrogens (tertiary/aromatic N) is 3. The van der Waals surface area contributed by atoms with Crippen LogP contribution in [0.2, 0.25) is 0 Å². The number of nitrogens with two attached hydrogens (primary N) is 2. The standard InChI is InChI=1S/C23H28FN5O2/c1-15(27-2)18(21(26)14-30)9-11-31-23-19(4-3-5-20(23)24)16-6-7-22-28-12-17(8-10-25)29(22)13-16/h3-7,12-13,30H,8-11,14,25-26H2,1-2H3/b21-18-,27-15?. The summed E-state index contributed by atoms with van der Waals surface area (Å²) in [5.74, 6) is -0.290. The maximum Gasteiger partial charge on any atom is 0.165 e. The Hall–Kier alpha value is -3.23. The molecule has 0 aliphatic heterocycles. The minimum atomic E-state index is -0.452. The third-order valence-electron chi connectivity index (χ3n) is 5.19. The number of hydrogen-bond donors (Lipinski definition) is 3. The number of pyridine rings is 1. The van der Waals surface area contributed by atoms with Crippen molar-refractivity contribution in [3.8, 4) is 16.9 Å². The first-order valence-corrected chi connectivity index (χ1v) is 10.1. The summed E-state index contributed by atoms with van der Waals surface area (Å²) in [6.45, 7) is 2.23. The predicted molar refractivity (Wildman–Crippen MR) is 121 cm³/mol. The van der Waals surface area contributed by atoms with Gasteiger partial charge in [-0.3, -0.25) is 4.99 Å². The first-order chi connectivity index (χ1) is 15.0. The number of aliphatic hydroxyl groups excluding tert-OH is 1. The molecule has 164 valence electrons. The minimum Gasteiger partial charge on any atom is -0.490 e. The summed E-state index contributed by atoms with van der Waals surface area (Å²) in [7, 11) is 1.65. The molecule has 2 heterocycles. The molecular weight excluding hydrogens is 397 g/mol. The van der Waals surface area contributed by atoms with Crippen molar-refractivity contribution in [3.63, 3.8) is 0 Å². The van der Waals surface area contributed by atoms with Crippen LogP contribution >= 0.6 is 0 Å². The number of para-hydroxylation sites is 1. The number of aliphatic imine (C=N–C) groups is 1. The molecule has 0 bridgehead atoms. The lowest BCUT2D eigenvalue weighted by Gasteiger charge is -2.15. The van der Waals surface area contributed by atoms with Crippen LogP contribution in [0.15, 0.2) is 59.0 Å². The number of halogens is 1. The maximum absolute atomic E-state index is 14.7. The van der Waals surface area contributed by atoms with Gasteiger partial charge in [-0.05, 0) is 37.2 Å². The summed E-state index contributed by atoms with van der Waals surface area (Å²) in [5, 5.41) is 9.38. The van der Waals surface area contributed by atoms with E-state index in [9.17, 15) is 9.50 Å². The largest absolute Gasteiger partial charge is 0.490 e. The molecule has 0 saturated carbocycles. The van der Waals surface area contributed by atoms with Gasteiger partial charge in [0.15, 0.2) is 11.6 Å². The summed E-state index contributed by atoms with van der Waals surface area (Å²) >= 11 is 0. The molecule has 8 heteroatoms. The molecule has 0 atom stereocenters. The molecule has 0 amide bonds. The lowest BCUT2D eigenvalue weighted by atomic mass is 10.1. The quantitative estimate of drug-likeness (QED) is 0.457. The Kier molecular flexibility index (Phi) is 7.38. The fourth-order valence-corrected chi connectivity index (χ4v) is 3.47. The molecule has 0 spiro atoms. The van der Waals surface area contributed by atoms with E-state index in [0.29, 0.717) is 41.9 Å². The summed E-state index contributed by atoms with van der Waals surface area (Å²) in [4.78, 5) is 8.52. The molecule has 3 aromatic rings. The van der Waals surface area contributed by atoms with Crippen molar-refractivity contribution in [1.29, 1.82) is 0 Å². The van der Waals surface area contributed by atoms with E-state index in [1.165, 1.54) is 6.07 Å². The van der Waals surface area contributed by atoms with Gasteiger partial charge < -0.3 is 25.7 Å². The number of aromatic nitrogens is 2. The van der Waals surface area contributed by atoms with E-state index in [1.54, 1.807) is 19.3 Å². The Morgan fingerprint density at radius 1 is 1.29 bits per heavy atom. The smallest absolute Gasteiger partial charge is 0.165 e. The van der Waals surface area contributed by atoms with Crippen molar-refractivity contribution in [2.45, 2.75) is 19.8 Å². The number of hydrogen-bond acceptors (Lipinski definition) is 6. The number of fused-ring (bicyclic) bond motifs is 1. The number of imidazole rings is 1. The average Bonchev–Trinajstić information content (AvgIpc) is 3.19. The molecule has 5 N–H and O–H groups in total. The second-order valence-electron chi connectivity index (χ2n) is 7.12. The van der Waals surface area contributed by atoms with Crippen molar-refractivity contribution in [2.75, 3.05) is 26.8 Å². The highest BCUT2D eigenvalue weighted by Gasteiger charge is 2.15. The highest BCUT2D eigenvalue weighted by atomic mass is 19.1. The van der Waals surface area contributed by atoms with Crippen molar-refractivity contribution in [2.24, 2.45) is 16.5 Å². The van der Waals surface area contributed by atoms with Gasteiger partial charge in [0.25, 0.3) is 0 Å². The second-order valence-corrected chi connectivity index (χ2v) is 7.12. The van der Waals surface area contributed by atoms with Crippen LogP contribution in [0.4, 0.5) is 4.39 Å². The number of benzene rings is 1. The molecule has 2 aromatic heterocycles. The molecular formula is C23H28FN5O2. The highest BCUT2D eigenvalue weighted by molar-refractivity contribution is 5.98. The van der Waals surface area contributed by atoms with Gasteiger partial charge in [0.1, 0.15) is 5.65 Å². The van der Waals surface area contributed by atoms with Crippen LogP contribution in [0.25, 0.3) is 16.8 Å². The first-order valence-electron chi connectivity index (χ1n) is 10.1. The SMILES string of the molecule is CN=C(C)/C(CCOc1c(F)cccc1-c1ccc2ncc(CCN)n2c1)=C(\N)CO. The third-order valence-corrected chi connectivity index (χ3v) is 5.19. The predicted octanol–water partition coefficient (Wildman–Crippen LogP) is 2.71. The van der Waals surface area contributed by atoms with E-state index >= 15 is 0 Å². The van der Waals surface area contributed by atoms with Crippen LogP contribution in [-0.4, -0.2) is 47.0 Å². The van der Waals surface area contributed by atoms with Crippen molar-refractivity contribution in [3.05, 3.63) is 65.5 Å². The fourth-order valence-electron chi connectivity index (χ4n) is 3.47. The van der Waals surface area contributed by atoms with Crippen LogP contribution in [-0.2, 0) is 6.42 Å². The molecule has 7 nitrogen and oxygen atoms in total. The lowest BCUT2D eigenvalue weighted by molar-refractivity contribution is 0.304. The monoisotopic (exact) mass is 425 g/mol. The zero-order valence-corrected chi connectivity index (χ0v) is 17.8. The van der Waals surface area contributed by atoms with Crippen LogP contribution in [0.5, 0.6) is 5.75 Å². The van der Waals surface area contributed by atoms with Crippen molar-refractivity contribution in [1.82, 2.24) is 9.38 Å². The Morgan fingerprint density at radius 2 is 2.10 bits per heavy atom. The molecule has 1 aromatic carbocycles. The molecule has 0 fully saturated rings. The Labute approximate surface area is 180 Å². The number of ether oxygens (including phenoxy) is 1. The van der Waals surface area contributed by atoms with Gasteiger partial charge >= 0.3 is 0 Å². The fraction of sp³-hybridized carbons (Fsp3) is 0.304. The zero-order chi connectivity index (χ0) is 22.4. The summed E-state index contributed by atoms with van der Waals surface area (Å²) in [5.41, 5.74) is 16.6. The Morgan fingerprint density at radius 3 is 2.81 bits per heavy atom. The lowest BCUT2D eigenvalue weighted by Crippen LogP contribution is -2.15. The zero-order valence-electron chi connectivity index (χ0n) is 17.8. The number of rotatable bonds is 9. The molecule has 0 aliphatic rings. The maximum atomic E-state index is 14.7. The summed E-state index contributed by atoms with van der Waals surface area (Å²) in [6.07, 6.45) is 4.80. The van der Waals surface area contributed by atoms with Gasteiger partial charge in [0.05, 0.1) is 13.2 Å². The van der Waals surface area contributed by atoms with Crippen molar-refractivity contribution >= 4 is 11.4 Å². The van der Waals surface area contributed by atoms with E-state index < -0.39 is 5.82 Å². The van der Waals surface area contributed by atoms with Crippen LogP contribution in [0, 0.1) is 5.82 Å². The van der Waals surface area contributed by atoms with Gasteiger partial charge in [-0.1, -0.05) is 12.1 Å². The molecule has 31 heavy (non-hydrogen) atoms.